The SMILES string of the molecule is CN=C(NCCOCC1CCCO1)NCc1ccc(F)cc1. The molecule has 0 spiro atoms. The van der Waals surface area contributed by atoms with Gasteiger partial charge in [0.1, 0.15) is 5.82 Å². The molecule has 2 N–H and O–H groups in total. The Bertz CT molecular complexity index is 459. The van der Waals surface area contributed by atoms with Crippen LogP contribution in [0.25, 0.3) is 0 Å². The minimum absolute atomic E-state index is 0.227. The van der Waals surface area contributed by atoms with Gasteiger partial charge in [-0.25, -0.2) is 4.39 Å². The Morgan fingerprint density at radius 1 is 1.36 bits per heavy atom. The number of ether oxygens (including phenoxy) is 2. The Morgan fingerprint density at radius 2 is 2.18 bits per heavy atom. The molecule has 1 aliphatic heterocycles. The highest BCUT2D eigenvalue weighted by Crippen LogP contribution is 2.11. The molecule has 1 aromatic carbocycles. The summed E-state index contributed by atoms with van der Waals surface area (Å²) in [6.07, 6.45) is 2.48. The summed E-state index contributed by atoms with van der Waals surface area (Å²) in [5.74, 6) is 0.472. The van der Waals surface area contributed by atoms with Crippen LogP contribution >= 0.6 is 0 Å². The van der Waals surface area contributed by atoms with Crippen LogP contribution in [0.4, 0.5) is 4.39 Å². The van der Waals surface area contributed by atoms with E-state index in [4.69, 9.17) is 9.47 Å². The summed E-state index contributed by atoms with van der Waals surface area (Å²) in [4.78, 5) is 4.14. The van der Waals surface area contributed by atoms with E-state index < -0.39 is 0 Å². The molecule has 0 aliphatic carbocycles. The fourth-order valence-electron chi connectivity index (χ4n) is 2.24. The highest BCUT2D eigenvalue weighted by atomic mass is 19.1. The molecule has 0 bridgehead atoms. The van der Waals surface area contributed by atoms with Gasteiger partial charge < -0.3 is 20.1 Å². The van der Waals surface area contributed by atoms with Crippen LogP contribution < -0.4 is 10.6 Å². The smallest absolute Gasteiger partial charge is 0.191 e. The highest BCUT2D eigenvalue weighted by Gasteiger charge is 2.14. The van der Waals surface area contributed by atoms with Gasteiger partial charge in [0.2, 0.25) is 0 Å². The van der Waals surface area contributed by atoms with E-state index in [1.165, 1.54) is 12.1 Å². The van der Waals surface area contributed by atoms with Crippen molar-refractivity contribution in [1.82, 2.24) is 10.6 Å². The van der Waals surface area contributed by atoms with E-state index in [0.717, 1.165) is 25.0 Å². The van der Waals surface area contributed by atoms with Gasteiger partial charge in [-0.2, -0.15) is 0 Å². The van der Waals surface area contributed by atoms with Crippen LogP contribution in [0.1, 0.15) is 18.4 Å². The highest BCUT2D eigenvalue weighted by molar-refractivity contribution is 5.79. The lowest BCUT2D eigenvalue weighted by atomic mass is 10.2. The van der Waals surface area contributed by atoms with Crippen molar-refractivity contribution in [3.05, 3.63) is 35.6 Å². The maximum absolute atomic E-state index is 12.8. The van der Waals surface area contributed by atoms with Gasteiger partial charge in [0.25, 0.3) is 0 Å². The van der Waals surface area contributed by atoms with Crippen molar-refractivity contribution in [3.63, 3.8) is 0 Å². The van der Waals surface area contributed by atoms with E-state index in [-0.39, 0.29) is 11.9 Å². The van der Waals surface area contributed by atoms with Crippen molar-refractivity contribution in [2.75, 3.05) is 33.4 Å². The number of nitrogens with zero attached hydrogens (tertiary/aromatic N) is 1. The standard InChI is InChI=1S/C16H24FN3O2/c1-18-16(20-11-13-4-6-14(17)7-5-13)19-8-10-21-12-15-3-2-9-22-15/h4-7,15H,2-3,8-12H2,1H3,(H2,18,19,20). The molecule has 1 unspecified atom stereocenters. The van der Waals surface area contributed by atoms with Crippen LogP contribution in [0.15, 0.2) is 29.3 Å². The van der Waals surface area contributed by atoms with Crippen molar-refractivity contribution in [1.29, 1.82) is 0 Å². The molecule has 1 aromatic rings. The predicted molar refractivity (Wildman–Crippen MR) is 84.4 cm³/mol. The molecule has 22 heavy (non-hydrogen) atoms. The molecule has 1 saturated heterocycles. The summed E-state index contributed by atoms with van der Waals surface area (Å²) in [7, 11) is 1.72. The summed E-state index contributed by atoms with van der Waals surface area (Å²) in [6.45, 7) is 3.39. The van der Waals surface area contributed by atoms with E-state index in [1.807, 2.05) is 0 Å². The Labute approximate surface area is 130 Å². The molecule has 2 rings (SSSR count). The summed E-state index contributed by atoms with van der Waals surface area (Å²) in [6, 6.07) is 6.40. The fourth-order valence-corrected chi connectivity index (χ4v) is 2.24. The quantitative estimate of drug-likeness (QED) is 0.457. The second kappa shape index (κ2) is 9.38. The van der Waals surface area contributed by atoms with Gasteiger partial charge in [-0.3, -0.25) is 4.99 Å². The van der Waals surface area contributed by atoms with Gasteiger partial charge in [0.05, 0.1) is 19.3 Å². The molecular weight excluding hydrogens is 285 g/mol. The number of halogens is 1. The Balaban J connectivity index is 1.57. The second-order valence-electron chi connectivity index (χ2n) is 5.19. The number of hydrogen-bond donors (Lipinski definition) is 2. The molecule has 1 aliphatic rings. The normalized spacial score (nSPS) is 18.5. The number of rotatable bonds is 7. The number of guanidine groups is 1. The molecule has 122 valence electrons. The number of aliphatic imine (C=N–C) groups is 1. The molecule has 0 aromatic heterocycles. The van der Waals surface area contributed by atoms with Crippen LogP contribution in [0.5, 0.6) is 0 Å². The molecule has 0 saturated carbocycles. The van der Waals surface area contributed by atoms with Crippen molar-refractivity contribution >= 4 is 5.96 Å². The van der Waals surface area contributed by atoms with Crippen molar-refractivity contribution in [3.8, 4) is 0 Å². The third-order valence-electron chi connectivity index (χ3n) is 3.46. The zero-order valence-corrected chi connectivity index (χ0v) is 13.0. The van der Waals surface area contributed by atoms with Gasteiger partial charge in [-0.15, -0.1) is 0 Å². The zero-order chi connectivity index (χ0) is 15.6. The van der Waals surface area contributed by atoms with E-state index in [9.17, 15) is 4.39 Å². The molecule has 1 heterocycles. The number of hydrogen-bond acceptors (Lipinski definition) is 3. The monoisotopic (exact) mass is 309 g/mol. The average Bonchev–Trinajstić information content (AvgIpc) is 3.05. The van der Waals surface area contributed by atoms with Crippen LogP contribution in [-0.2, 0) is 16.0 Å². The van der Waals surface area contributed by atoms with Gasteiger partial charge in [-0.05, 0) is 30.5 Å². The molecule has 5 nitrogen and oxygen atoms in total. The zero-order valence-electron chi connectivity index (χ0n) is 13.0. The maximum Gasteiger partial charge on any atom is 0.191 e. The van der Waals surface area contributed by atoms with Crippen LogP contribution in [0.2, 0.25) is 0 Å². The van der Waals surface area contributed by atoms with Crippen molar-refractivity contribution in [2.45, 2.75) is 25.5 Å². The van der Waals surface area contributed by atoms with Gasteiger partial charge >= 0.3 is 0 Å². The van der Waals surface area contributed by atoms with Crippen LogP contribution in [0, 0.1) is 5.82 Å². The predicted octanol–water partition coefficient (Wildman–Crippen LogP) is 1.69. The molecular formula is C16H24FN3O2. The molecule has 6 heteroatoms. The Kier molecular flexibility index (Phi) is 7.12. The topological polar surface area (TPSA) is 54.9 Å². The molecule has 1 atom stereocenters. The maximum atomic E-state index is 12.8. The molecule has 1 fully saturated rings. The lowest BCUT2D eigenvalue weighted by Gasteiger charge is -2.13. The van der Waals surface area contributed by atoms with E-state index in [0.29, 0.717) is 32.3 Å². The lowest BCUT2D eigenvalue weighted by Crippen LogP contribution is -2.38. The van der Waals surface area contributed by atoms with Crippen molar-refractivity contribution < 1.29 is 13.9 Å². The summed E-state index contributed by atoms with van der Waals surface area (Å²) >= 11 is 0. The molecule has 0 radical (unpaired) electrons. The largest absolute Gasteiger partial charge is 0.377 e. The van der Waals surface area contributed by atoms with Gasteiger partial charge in [0, 0.05) is 26.7 Å². The van der Waals surface area contributed by atoms with E-state index in [1.54, 1.807) is 19.2 Å². The summed E-state index contributed by atoms with van der Waals surface area (Å²) < 4.78 is 23.9. The Hall–Kier alpha value is -1.66. The number of nitrogens with one attached hydrogen (secondary N) is 2. The number of benzene rings is 1. The third kappa shape index (κ3) is 5.99. The first-order valence-electron chi connectivity index (χ1n) is 7.66. The summed E-state index contributed by atoms with van der Waals surface area (Å²) in [5.41, 5.74) is 0.999. The first-order chi connectivity index (χ1) is 10.8. The van der Waals surface area contributed by atoms with E-state index in [2.05, 4.69) is 15.6 Å². The first-order valence-corrected chi connectivity index (χ1v) is 7.66. The van der Waals surface area contributed by atoms with Gasteiger partial charge in [0.15, 0.2) is 5.96 Å². The van der Waals surface area contributed by atoms with Crippen LogP contribution in [0.3, 0.4) is 0 Å². The first kappa shape index (κ1) is 16.7. The Morgan fingerprint density at radius 3 is 2.86 bits per heavy atom. The third-order valence-corrected chi connectivity index (χ3v) is 3.46. The fraction of sp³-hybridized carbons (Fsp3) is 0.562. The van der Waals surface area contributed by atoms with E-state index >= 15 is 0 Å². The van der Waals surface area contributed by atoms with Crippen molar-refractivity contribution in [2.24, 2.45) is 4.99 Å². The second-order valence-corrected chi connectivity index (χ2v) is 5.19. The lowest BCUT2D eigenvalue weighted by molar-refractivity contribution is 0.0191. The van der Waals surface area contributed by atoms with Crippen LogP contribution in [-0.4, -0.2) is 45.5 Å². The molecule has 0 amide bonds. The van der Waals surface area contributed by atoms with Gasteiger partial charge in [-0.1, -0.05) is 12.1 Å². The average molecular weight is 309 g/mol. The minimum atomic E-state index is -0.227. The summed E-state index contributed by atoms with van der Waals surface area (Å²) in [5, 5.41) is 6.35. The minimum Gasteiger partial charge on any atom is -0.377 e.